The number of aryl methyl sites for hydroxylation is 2. The molecular weight excluding hydrogens is 334 g/mol. The summed E-state index contributed by atoms with van der Waals surface area (Å²) >= 11 is 3.30. The predicted octanol–water partition coefficient (Wildman–Crippen LogP) is 4.02. The third-order valence-corrected chi connectivity index (χ3v) is 3.92. The highest BCUT2D eigenvalue weighted by atomic mass is 79.9. The molecule has 0 atom stereocenters. The number of hydrogen-bond acceptors (Lipinski definition) is 2. The van der Waals surface area contributed by atoms with Crippen LogP contribution in [0.2, 0.25) is 0 Å². The van der Waals surface area contributed by atoms with E-state index in [0.29, 0.717) is 15.7 Å². The molecule has 108 valence electrons. The zero-order valence-electron chi connectivity index (χ0n) is 11.6. The summed E-state index contributed by atoms with van der Waals surface area (Å²) in [6.07, 6.45) is 0. The van der Waals surface area contributed by atoms with Gasteiger partial charge in [-0.1, -0.05) is 6.07 Å². The Morgan fingerprint density at radius 3 is 2.29 bits per heavy atom. The molecule has 0 radical (unpaired) electrons. The van der Waals surface area contributed by atoms with E-state index in [1.54, 1.807) is 18.2 Å². The molecule has 2 N–H and O–H groups in total. The summed E-state index contributed by atoms with van der Waals surface area (Å²) in [7, 11) is 0. The van der Waals surface area contributed by atoms with Gasteiger partial charge < -0.3 is 10.4 Å². The normalized spacial score (nSPS) is 10.2. The average molecular weight is 348 g/mol. The van der Waals surface area contributed by atoms with Gasteiger partial charge in [0.1, 0.15) is 0 Å². The maximum Gasteiger partial charge on any atom is 0.335 e. The number of anilines is 1. The van der Waals surface area contributed by atoms with Crippen LogP contribution in [-0.2, 0) is 0 Å². The highest BCUT2D eigenvalue weighted by Gasteiger charge is 2.11. The second-order valence-electron chi connectivity index (χ2n) is 4.75. The molecule has 0 saturated heterocycles. The van der Waals surface area contributed by atoms with Crippen LogP contribution < -0.4 is 5.32 Å². The number of aromatic carboxylic acids is 1. The van der Waals surface area contributed by atoms with Gasteiger partial charge in [-0.2, -0.15) is 0 Å². The number of hydrogen-bond donors (Lipinski definition) is 2. The van der Waals surface area contributed by atoms with Gasteiger partial charge in [-0.3, -0.25) is 4.79 Å². The number of nitrogens with one attached hydrogen (secondary N) is 1. The quantitative estimate of drug-likeness (QED) is 0.881. The van der Waals surface area contributed by atoms with Crippen LogP contribution in [0.4, 0.5) is 5.69 Å². The fourth-order valence-corrected chi connectivity index (χ4v) is 2.18. The summed E-state index contributed by atoms with van der Waals surface area (Å²) in [4.78, 5) is 23.2. The Labute approximate surface area is 130 Å². The zero-order valence-corrected chi connectivity index (χ0v) is 13.2. The summed E-state index contributed by atoms with van der Waals surface area (Å²) < 4.78 is 0.629. The lowest BCUT2D eigenvalue weighted by molar-refractivity contribution is 0.0696. The molecule has 0 aliphatic carbocycles. The van der Waals surface area contributed by atoms with Crippen LogP contribution >= 0.6 is 15.9 Å². The minimum atomic E-state index is -1.04. The smallest absolute Gasteiger partial charge is 0.335 e. The predicted molar refractivity (Wildman–Crippen MR) is 85.0 cm³/mol. The van der Waals surface area contributed by atoms with Crippen LogP contribution in [0.25, 0.3) is 0 Å². The van der Waals surface area contributed by atoms with Crippen LogP contribution in [0.5, 0.6) is 0 Å². The first kappa shape index (κ1) is 15.3. The van der Waals surface area contributed by atoms with Gasteiger partial charge >= 0.3 is 5.97 Å². The lowest BCUT2D eigenvalue weighted by Gasteiger charge is -2.09. The monoisotopic (exact) mass is 347 g/mol. The maximum absolute atomic E-state index is 12.2. The van der Waals surface area contributed by atoms with E-state index in [0.717, 1.165) is 11.1 Å². The van der Waals surface area contributed by atoms with Crippen LogP contribution in [0.3, 0.4) is 0 Å². The minimum Gasteiger partial charge on any atom is -0.478 e. The van der Waals surface area contributed by atoms with Gasteiger partial charge in [0.15, 0.2) is 0 Å². The van der Waals surface area contributed by atoms with Crippen molar-refractivity contribution in [1.29, 1.82) is 0 Å². The van der Waals surface area contributed by atoms with Gasteiger partial charge in [-0.15, -0.1) is 0 Å². The molecule has 21 heavy (non-hydrogen) atoms. The highest BCUT2D eigenvalue weighted by molar-refractivity contribution is 9.10. The topological polar surface area (TPSA) is 66.4 Å². The third kappa shape index (κ3) is 3.49. The summed E-state index contributed by atoms with van der Waals surface area (Å²) in [5.41, 5.74) is 3.22. The van der Waals surface area contributed by atoms with E-state index in [4.69, 9.17) is 5.11 Å². The summed E-state index contributed by atoms with van der Waals surface area (Å²) in [5.74, 6) is -1.31. The van der Waals surface area contributed by atoms with E-state index in [9.17, 15) is 9.59 Å². The first-order valence-electron chi connectivity index (χ1n) is 6.30. The number of benzene rings is 2. The fourth-order valence-electron chi connectivity index (χ4n) is 1.83. The van der Waals surface area contributed by atoms with Crippen molar-refractivity contribution in [2.75, 3.05) is 5.32 Å². The third-order valence-electron chi connectivity index (χ3n) is 3.23. The number of carboxylic acid groups (broad SMARTS) is 1. The van der Waals surface area contributed by atoms with Gasteiger partial charge in [0.05, 0.1) is 11.3 Å². The van der Waals surface area contributed by atoms with Crippen molar-refractivity contribution in [2.24, 2.45) is 0 Å². The second-order valence-corrected chi connectivity index (χ2v) is 5.61. The molecular formula is C16H14BrNO3. The van der Waals surface area contributed by atoms with Gasteiger partial charge in [0.25, 0.3) is 5.91 Å². The molecule has 2 aromatic carbocycles. The van der Waals surface area contributed by atoms with Crippen molar-refractivity contribution >= 4 is 33.5 Å². The van der Waals surface area contributed by atoms with Gasteiger partial charge in [-0.25, -0.2) is 4.79 Å². The molecule has 0 fully saturated rings. The van der Waals surface area contributed by atoms with Crippen molar-refractivity contribution < 1.29 is 14.7 Å². The highest BCUT2D eigenvalue weighted by Crippen LogP contribution is 2.24. The fraction of sp³-hybridized carbons (Fsp3) is 0.125. The molecule has 1 amide bonds. The van der Waals surface area contributed by atoms with E-state index >= 15 is 0 Å². The van der Waals surface area contributed by atoms with Crippen molar-refractivity contribution in [3.05, 3.63) is 63.1 Å². The summed E-state index contributed by atoms with van der Waals surface area (Å²) in [6.45, 7) is 3.91. The number of carbonyl (C=O) groups is 2. The zero-order chi connectivity index (χ0) is 15.6. The number of carboxylic acids is 1. The Balaban J connectivity index is 2.28. The van der Waals surface area contributed by atoms with E-state index < -0.39 is 5.97 Å². The lowest BCUT2D eigenvalue weighted by Crippen LogP contribution is -2.13. The molecule has 0 saturated carbocycles. The summed E-state index contributed by atoms with van der Waals surface area (Å²) in [5, 5.41) is 11.7. The Morgan fingerprint density at radius 2 is 1.67 bits per heavy atom. The maximum atomic E-state index is 12.2. The molecule has 0 bridgehead atoms. The molecule has 2 rings (SSSR count). The molecule has 0 aliphatic heterocycles. The molecule has 0 aromatic heterocycles. The minimum absolute atomic E-state index is 0.119. The van der Waals surface area contributed by atoms with E-state index in [1.165, 1.54) is 12.1 Å². The number of amides is 1. The van der Waals surface area contributed by atoms with Crippen LogP contribution in [-0.4, -0.2) is 17.0 Å². The molecule has 0 unspecified atom stereocenters. The second kappa shape index (κ2) is 6.10. The van der Waals surface area contributed by atoms with Crippen molar-refractivity contribution in [2.45, 2.75) is 13.8 Å². The Kier molecular flexibility index (Phi) is 4.43. The van der Waals surface area contributed by atoms with E-state index in [-0.39, 0.29) is 11.5 Å². The van der Waals surface area contributed by atoms with Crippen molar-refractivity contribution in [1.82, 2.24) is 0 Å². The molecule has 0 heterocycles. The number of halogens is 1. The molecule has 0 spiro atoms. The largest absolute Gasteiger partial charge is 0.478 e. The van der Waals surface area contributed by atoms with Gasteiger partial charge in [-0.05, 0) is 71.2 Å². The molecule has 0 aliphatic rings. The van der Waals surface area contributed by atoms with E-state index in [1.807, 2.05) is 19.9 Å². The number of rotatable bonds is 3. The number of carbonyl (C=O) groups excluding carboxylic acids is 1. The molecule has 2 aromatic rings. The van der Waals surface area contributed by atoms with Crippen molar-refractivity contribution in [3.63, 3.8) is 0 Å². The SMILES string of the molecule is Cc1ccc(C(=O)Nc2cc(C(=O)O)ccc2Br)cc1C. The van der Waals surface area contributed by atoms with Crippen LogP contribution in [0, 0.1) is 13.8 Å². The lowest BCUT2D eigenvalue weighted by atomic mass is 10.1. The first-order valence-corrected chi connectivity index (χ1v) is 7.09. The average Bonchev–Trinajstić information content (AvgIpc) is 2.43. The van der Waals surface area contributed by atoms with E-state index in [2.05, 4.69) is 21.2 Å². The molecule has 4 nitrogen and oxygen atoms in total. The van der Waals surface area contributed by atoms with Crippen LogP contribution in [0.15, 0.2) is 40.9 Å². The van der Waals surface area contributed by atoms with Gasteiger partial charge in [0, 0.05) is 10.0 Å². The van der Waals surface area contributed by atoms with Crippen LogP contribution in [0.1, 0.15) is 31.8 Å². The first-order chi connectivity index (χ1) is 9.88. The Hall–Kier alpha value is -2.14. The van der Waals surface area contributed by atoms with Gasteiger partial charge in [0.2, 0.25) is 0 Å². The standard InChI is InChI=1S/C16H14BrNO3/c1-9-3-4-11(7-10(9)2)15(19)18-14-8-12(16(20)21)5-6-13(14)17/h3-8H,1-2H3,(H,18,19)(H,20,21). The Bertz CT molecular complexity index is 725. The molecule has 5 heteroatoms. The summed E-state index contributed by atoms with van der Waals surface area (Å²) in [6, 6.07) is 9.92. The van der Waals surface area contributed by atoms with Crippen molar-refractivity contribution in [3.8, 4) is 0 Å². The Morgan fingerprint density at radius 1 is 1.00 bits per heavy atom.